The van der Waals surface area contributed by atoms with Gasteiger partial charge in [0, 0.05) is 37.7 Å². The maximum absolute atomic E-state index is 10.1. The fourth-order valence-electron chi connectivity index (χ4n) is 3.05. The van der Waals surface area contributed by atoms with Crippen molar-refractivity contribution in [3.63, 3.8) is 0 Å². The summed E-state index contributed by atoms with van der Waals surface area (Å²) in [5.41, 5.74) is 9.34. The number of fused-ring (bicyclic) bond motifs is 1. The number of aryl methyl sites for hydroxylation is 1. The first-order valence-corrected chi connectivity index (χ1v) is 9.54. The molecule has 1 aromatic carbocycles. The third-order valence-electron chi connectivity index (χ3n) is 4.68. The molecule has 0 aliphatic rings. The van der Waals surface area contributed by atoms with Crippen molar-refractivity contribution >= 4 is 34.1 Å². The van der Waals surface area contributed by atoms with E-state index in [9.17, 15) is 5.11 Å². The highest BCUT2D eigenvalue weighted by Gasteiger charge is 2.15. The number of amidine groups is 1. The van der Waals surface area contributed by atoms with Gasteiger partial charge in [0.05, 0.1) is 24.1 Å². The van der Waals surface area contributed by atoms with Crippen molar-refractivity contribution in [1.82, 2.24) is 20.1 Å². The van der Waals surface area contributed by atoms with Gasteiger partial charge in [0.1, 0.15) is 11.6 Å². The van der Waals surface area contributed by atoms with E-state index in [1.807, 2.05) is 30.7 Å². The van der Waals surface area contributed by atoms with Crippen LogP contribution in [0.3, 0.4) is 0 Å². The van der Waals surface area contributed by atoms with Gasteiger partial charge in [-0.25, -0.2) is 9.98 Å². The van der Waals surface area contributed by atoms with Crippen molar-refractivity contribution in [2.24, 2.45) is 10.7 Å². The number of benzene rings is 1. The fraction of sp³-hybridized carbons (Fsp3) is 0.286. The number of nitrogens with one attached hydrogen (secondary N) is 2. The molecule has 5 N–H and O–H groups in total. The SMILES string of the molecule is CN/C=C\C(N)=Nc1cc2c(cn1)c(Nc1c(C)ccc(O)c1C)nn2CCOC. The third kappa shape index (κ3) is 4.52. The lowest BCUT2D eigenvalue weighted by atomic mass is 10.1. The van der Waals surface area contributed by atoms with Crippen LogP contribution in [0.5, 0.6) is 5.75 Å². The molecule has 0 unspecified atom stereocenters. The van der Waals surface area contributed by atoms with Gasteiger partial charge in [-0.2, -0.15) is 5.10 Å². The van der Waals surface area contributed by atoms with Gasteiger partial charge in [0.15, 0.2) is 11.6 Å². The van der Waals surface area contributed by atoms with Crippen molar-refractivity contribution in [1.29, 1.82) is 0 Å². The molecule has 9 nitrogen and oxygen atoms in total. The van der Waals surface area contributed by atoms with Crippen molar-refractivity contribution in [2.45, 2.75) is 20.4 Å². The summed E-state index contributed by atoms with van der Waals surface area (Å²) in [6.07, 6.45) is 5.08. The number of aliphatic imine (C=N–C) groups is 1. The number of nitrogens with two attached hydrogens (primary N) is 1. The second-order valence-corrected chi connectivity index (χ2v) is 6.81. The zero-order valence-corrected chi connectivity index (χ0v) is 17.6. The van der Waals surface area contributed by atoms with E-state index < -0.39 is 0 Å². The van der Waals surface area contributed by atoms with E-state index in [2.05, 4.69) is 20.6 Å². The number of aromatic hydroxyl groups is 1. The number of phenolic OH excluding ortho intramolecular Hbond substituents is 1. The third-order valence-corrected chi connectivity index (χ3v) is 4.68. The van der Waals surface area contributed by atoms with E-state index in [-0.39, 0.29) is 5.75 Å². The van der Waals surface area contributed by atoms with Crippen LogP contribution in [0, 0.1) is 13.8 Å². The molecule has 2 aromatic heterocycles. The molecule has 30 heavy (non-hydrogen) atoms. The second-order valence-electron chi connectivity index (χ2n) is 6.81. The molecule has 0 radical (unpaired) electrons. The number of pyridine rings is 1. The van der Waals surface area contributed by atoms with Gasteiger partial charge in [0.2, 0.25) is 0 Å². The molecule has 0 fully saturated rings. The molecule has 2 heterocycles. The van der Waals surface area contributed by atoms with Gasteiger partial charge in [0.25, 0.3) is 0 Å². The second kappa shape index (κ2) is 9.27. The van der Waals surface area contributed by atoms with Crippen LogP contribution in [0.1, 0.15) is 11.1 Å². The Morgan fingerprint density at radius 3 is 2.90 bits per heavy atom. The molecule has 0 bridgehead atoms. The number of rotatable bonds is 8. The largest absolute Gasteiger partial charge is 0.508 e. The Labute approximate surface area is 175 Å². The lowest BCUT2D eigenvalue weighted by molar-refractivity contribution is 0.185. The first-order valence-electron chi connectivity index (χ1n) is 9.54. The summed E-state index contributed by atoms with van der Waals surface area (Å²) in [6.45, 7) is 4.91. The first kappa shape index (κ1) is 21.1. The predicted octanol–water partition coefficient (Wildman–Crippen LogP) is 2.87. The van der Waals surface area contributed by atoms with Gasteiger partial charge in [-0.3, -0.25) is 4.68 Å². The minimum Gasteiger partial charge on any atom is -0.508 e. The Hall–Kier alpha value is -3.59. The molecule has 9 heteroatoms. The van der Waals surface area contributed by atoms with E-state index in [4.69, 9.17) is 15.6 Å². The molecule has 158 valence electrons. The topological polar surface area (TPSA) is 123 Å². The molecular formula is C21H27N7O2. The number of hydrogen-bond acceptors (Lipinski definition) is 7. The standard InChI is InChI=1S/C21H27N7O2/c1-13-5-6-17(29)14(2)20(13)26-21-15-12-24-19(25-18(22)7-8-23-3)11-16(15)28(27-21)9-10-30-4/h5-8,11-12,23,29H,9-10H2,1-4H3,(H,26,27)(H2,22,24,25)/b8-7-. The van der Waals surface area contributed by atoms with Crippen LogP contribution in [0.15, 0.2) is 41.7 Å². The quantitative estimate of drug-likeness (QED) is 0.333. The van der Waals surface area contributed by atoms with E-state index in [1.54, 1.807) is 38.7 Å². The molecule has 0 atom stereocenters. The molecule has 0 aliphatic heterocycles. The van der Waals surface area contributed by atoms with Gasteiger partial charge >= 0.3 is 0 Å². The Kier molecular flexibility index (Phi) is 6.53. The summed E-state index contributed by atoms with van der Waals surface area (Å²) in [5, 5.41) is 21.8. The van der Waals surface area contributed by atoms with Crippen LogP contribution in [-0.4, -0.2) is 46.5 Å². The number of methoxy groups -OCH3 is 1. The van der Waals surface area contributed by atoms with E-state index >= 15 is 0 Å². The Morgan fingerprint density at radius 2 is 2.17 bits per heavy atom. The maximum Gasteiger partial charge on any atom is 0.161 e. The minimum atomic E-state index is 0.228. The van der Waals surface area contributed by atoms with E-state index in [0.29, 0.717) is 30.6 Å². The van der Waals surface area contributed by atoms with E-state index in [1.165, 1.54) is 0 Å². The minimum absolute atomic E-state index is 0.228. The molecular weight excluding hydrogens is 382 g/mol. The summed E-state index contributed by atoms with van der Waals surface area (Å²) in [4.78, 5) is 8.75. The highest BCUT2D eigenvalue weighted by molar-refractivity contribution is 5.95. The predicted molar refractivity (Wildman–Crippen MR) is 120 cm³/mol. The zero-order chi connectivity index (χ0) is 21.7. The zero-order valence-electron chi connectivity index (χ0n) is 17.6. The fourth-order valence-corrected chi connectivity index (χ4v) is 3.05. The van der Waals surface area contributed by atoms with Crippen molar-refractivity contribution in [3.8, 4) is 5.75 Å². The highest BCUT2D eigenvalue weighted by atomic mass is 16.5. The average Bonchev–Trinajstić information content (AvgIpc) is 3.07. The lowest BCUT2D eigenvalue weighted by Crippen LogP contribution is -2.09. The average molecular weight is 409 g/mol. The summed E-state index contributed by atoms with van der Waals surface area (Å²) in [6, 6.07) is 5.39. The Balaban J connectivity index is 2.06. The normalized spacial score (nSPS) is 12.1. The smallest absolute Gasteiger partial charge is 0.161 e. The first-order chi connectivity index (χ1) is 14.4. The van der Waals surface area contributed by atoms with Crippen LogP contribution in [0.4, 0.5) is 17.3 Å². The van der Waals surface area contributed by atoms with Crippen molar-refractivity contribution in [2.75, 3.05) is 26.1 Å². The molecule has 0 amide bonds. The van der Waals surface area contributed by atoms with Crippen LogP contribution in [0.2, 0.25) is 0 Å². The summed E-state index contributed by atoms with van der Waals surface area (Å²) < 4.78 is 7.06. The molecule has 0 saturated carbocycles. The molecule has 3 rings (SSSR count). The van der Waals surface area contributed by atoms with Crippen LogP contribution >= 0.6 is 0 Å². The van der Waals surface area contributed by atoms with Crippen LogP contribution < -0.4 is 16.4 Å². The van der Waals surface area contributed by atoms with Gasteiger partial charge in [-0.05, 0) is 37.8 Å². The Morgan fingerprint density at radius 1 is 1.37 bits per heavy atom. The number of nitrogens with zero attached hydrogens (tertiary/aromatic N) is 4. The summed E-state index contributed by atoms with van der Waals surface area (Å²) in [7, 11) is 3.43. The maximum atomic E-state index is 10.1. The van der Waals surface area contributed by atoms with Gasteiger partial charge < -0.3 is 26.2 Å². The number of phenols is 1. The molecule has 0 spiro atoms. The molecule has 0 saturated heterocycles. The highest BCUT2D eigenvalue weighted by Crippen LogP contribution is 2.33. The van der Waals surface area contributed by atoms with Crippen LogP contribution in [0.25, 0.3) is 10.9 Å². The summed E-state index contributed by atoms with van der Waals surface area (Å²) in [5.74, 6) is 1.69. The van der Waals surface area contributed by atoms with E-state index in [0.717, 1.165) is 27.7 Å². The monoisotopic (exact) mass is 409 g/mol. The van der Waals surface area contributed by atoms with Gasteiger partial charge in [-0.15, -0.1) is 0 Å². The lowest BCUT2D eigenvalue weighted by Gasteiger charge is -2.12. The van der Waals surface area contributed by atoms with Crippen molar-refractivity contribution < 1.29 is 9.84 Å². The van der Waals surface area contributed by atoms with Crippen molar-refractivity contribution in [3.05, 3.63) is 47.8 Å². The van der Waals surface area contributed by atoms with Gasteiger partial charge in [-0.1, -0.05) is 6.07 Å². The molecule has 3 aromatic rings. The number of aromatic nitrogens is 3. The molecule has 0 aliphatic carbocycles. The summed E-state index contributed by atoms with van der Waals surface area (Å²) >= 11 is 0. The number of anilines is 2. The van der Waals surface area contributed by atoms with Crippen LogP contribution in [-0.2, 0) is 11.3 Å². The number of ether oxygens (including phenoxy) is 1. The Bertz CT molecular complexity index is 1100. The number of hydrogen-bond donors (Lipinski definition) is 4.